The van der Waals surface area contributed by atoms with Gasteiger partial charge in [0.15, 0.2) is 0 Å². The first-order valence-corrected chi connectivity index (χ1v) is 10.3. The second-order valence-electron chi connectivity index (χ2n) is 7.74. The molecule has 0 spiro atoms. The monoisotopic (exact) mass is 393 g/mol. The number of aromatic nitrogens is 2. The van der Waals surface area contributed by atoms with E-state index >= 15 is 0 Å². The lowest BCUT2D eigenvalue weighted by Gasteiger charge is -2.31. The SMILES string of the molecule is CCOC(=O)N1CCC(C(=O)CC2C(c3ccccc3)=C(C)c3cncn32)CC1. The molecule has 2 aliphatic rings. The average molecular weight is 393 g/mol. The zero-order chi connectivity index (χ0) is 20.4. The Balaban J connectivity index is 1.48. The van der Waals surface area contributed by atoms with Crippen molar-refractivity contribution in [2.45, 2.75) is 39.2 Å². The van der Waals surface area contributed by atoms with Crippen LogP contribution in [0.25, 0.3) is 11.1 Å². The summed E-state index contributed by atoms with van der Waals surface area (Å²) < 4.78 is 7.20. The fraction of sp³-hybridized carbons (Fsp3) is 0.435. The third-order valence-corrected chi connectivity index (χ3v) is 6.08. The zero-order valence-corrected chi connectivity index (χ0v) is 17.0. The van der Waals surface area contributed by atoms with Crippen molar-refractivity contribution in [2.24, 2.45) is 5.92 Å². The number of allylic oxidation sites excluding steroid dienone is 2. The van der Waals surface area contributed by atoms with Gasteiger partial charge in [0.2, 0.25) is 0 Å². The summed E-state index contributed by atoms with van der Waals surface area (Å²) in [5.41, 5.74) is 4.63. The average Bonchev–Trinajstić information content (AvgIpc) is 3.32. The highest BCUT2D eigenvalue weighted by atomic mass is 16.6. The standard InChI is InChI=1S/C23H27N3O3/c1-3-29-23(28)25-11-9-17(10-12-25)21(27)13-19-22(18-7-5-4-6-8-18)16(2)20-14-24-15-26(19)20/h4-8,14-15,17,19H,3,9-13H2,1-2H3. The van der Waals surface area contributed by atoms with Gasteiger partial charge in [0.05, 0.1) is 30.9 Å². The first-order chi connectivity index (χ1) is 14.1. The number of nitrogens with zero attached hydrogens (tertiary/aromatic N) is 3. The van der Waals surface area contributed by atoms with Gasteiger partial charge in [-0.25, -0.2) is 9.78 Å². The third kappa shape index (κ3) is 3.71. The molecule has 0 saturated carbocycles. The van der Waals surface area contributed by atoms with Crippen LogP contribution < -0.4 is 0 Å². The second kappa shape index (κ2) is 8.23. The number of hydrogen-bond acceptors (Lipinski definition) is 4. The number of imidazole rings is 1. The Hall–Kier alpha value is -2.89. The lowest BCUT2D eigenvalue weighted by molar-refractivity contribution is -0.124. The van der Waals surface area contributed by atoms with Gasteiger partial charge in [0.1, 0.15) is 5.78 Å². The predicted molar refractivity (Wildman–Crippen MR) is 111 cm³/mol. The van der Waals surface area contributed by atoms with Crippen LogP contribution in [0, 0.1) is 5.92 Å². The predicted octanol–water partition coefficient (Wildman–Crippen LogP) is 4.20. The molecule has 1 atom stereocenters. The van der Waals surface area contributed by atoms with Gasteiger partial charge < -0.3 is 14.2 Å². The maximum absolute atomic E-state index is 13.2. The van der Waals surface area contributed by atoms with Crippen LogP contribution in [0.3, 0.4) is 0 Å². The van der Waals surface area contributed by atoms with Crippen LogP contribution in [0.1, 0.15) is 50.4 Å². The van der Waals surface area contributed by atoms with Crippen molar-refractivity contribution in [1.82, 2.24) is 14.5 Å². The molecule has 0 radical (unpaired) electrons. The normalized spacial score (nSPS) is 19.4. The van der Waals surface area contributed by atoms with Crippen molar-refractivity contribution in [3.05, 3.63) is 54.1 Å². The molecule has 6 nitrogen and oxygen atoms in total. The first-order valence-electron chi connectivity index (χ1n) is 10.3. The molecule has 4 rings (SSSR count). The molecule has 1 amide bonds. The molecule has 0 bridgehead atoms. The summed E-state index contributed by atoms with van der Waals surface area (Å²) >= 11 is 0. The van der Waals surface area contributed by atoms with E-state index in [1.807, 2.05) is 30.7 Å². The van der Waals surface area contributed by atoms with Gasteiger partial charge in [-0.1, -0.05) is 30.3 Å². The molecule has 0 N–H and O–H groups in total. The fourth-order valence-electron chi connectivity index (χ4n) is 4.55. The minimum absolute atomic E-state index is 0.00872. The topological polar surface area (TPSA) is 64.4 Å². The van der Waals surface area contributed by atoms with Crippen molar-refractivity contribution >= 4 is 23.0 Å². The van der Waals surface area contributed by atoms with E-state index in [1.165, 1.54) is 11.1 Å². The highest BCUT2D eigenvalue weighted by Gasteiger charge is 2.34. The van der Waals surface area contributed by atoms with E-state index in [1.54, 1.807) is 11.8 Å². The van der Waals surface area contributed by atoms with Gasteiger partial charge in [0.25, 0.3) is 0 Å². The van der Waals surface area contributed by atoms with Crippen LogP contribution in [0.2, 0.25) is 0 Å². The molecule has 1 aromatic carbocycles. The summed E-state index contributed by atoms with van der Waals surface area (Å²) in [5.74, 6) is 0.256. The summed E-state index contributed by atoms with van der Waals surface area (Å²) in [6.45, 7) is 5.45. The Morgan fingerprint density at radius 1 is 1.17 bits per heavy atom. The van der Waals surface area contributed by atoms with Crippen LogP contribution in [-0.4, -0.2) is 46.0 Å². The van der Waals surface area contributed by atoms with Crippen LogP contribution in [0.4, 0.5) is 4.79 Å². The van der Waals surface area contributed by atoms with E-state index in [-0.39, 0.29) is 23.8 Å². The molecule has 2 aromatic rings. The van der Waals surface area contributed by atoms with Crippen molar-refractivity contribution in [3.8, 4) is 0 Å². The number of Topliss-reactive ketones (excluding diaryl/α,β-unsaturated/α-hetero) is 1. The molecule has 29 heavy (non-hydrogen) atoms. The Kier molecular flexibility index (Phi) is 5.51. The number of rotatable bonds is 5. The van der Waals surface area contributed by atoms with Crippen LogP contribution in [0.5, 0.6) is 0 Å². The summed E-state index contributed by atoms with van der Waals surface area (Å²) in [6, 6.07) is 10.3. The molecular formula is C23H27N3O3. The zero-order valence-electron chi connectivity index (χ0n) is 17.0. The lowest BCUT2D eigenvalue weighted by Crippen LogP contribution is -2.40. The minimum atomic E-state index is -0.276. The number of hydrogen-bond donors (Lipinski definition) is 0. The number of ether oxygens (including phenoxy) is 1. The van der Waals surface area contributed by atoms with E-state index in [2.05, 4.69) is 28.6 Å². The number of likely N-dealkylation sites (tertiary alicyclic amines) is 1. The van der Waals surface area contributed by atoms with E-state index in [9.17, 15) is 9.59 Å². The van der Waals surface area contributed by atoms with Crippen molar-refractivity contribution < 1.29 is 14.3 Å². The van der Waals surface area contributed by atoms with Gasteiger partial charge in [-0.15, -0.1) is 0 Å². The summed E-state index contributed by atoms with van der Waals surface area (Å²) in [5, 5.41) is 0. The summed E-state index contributed by atoms with van der Waals surface area (Å²) in [6.07, 6.45) is 5.28. The van der Waals surface area contributed by atoms with E-state index in [0.29, 0.717) is 39.0 Å². The smallest absolute Gasteiger partial charge is 0.409 e. The Bertz CT molecular complexity index is 924. The summed E-state index contributed by atoms with van der Waals surface area (Å²) in [4.78, 5) is 31.1. The number of fused-ring (bicyclic) bond motifs is 1. The summed E-state index contributed by atoms with van der Waals surface area (Å²) in [7, 11) is 0. The molecule has 2 aliphatic heterocycles. The van der Waals surface area contributed by atoms with Crippen molar-refractivity contribution in [2.75, 3.05) is 19.7 Å². The van der Waals surface area contributed by atoms with Crippen LogP contribution in [-0.2, 0) is 9.53 Å². The Morgan fingerprint density at radius 2 is 1.90 bits per heavy atom. The molecule has 0 aliphatic carbocycles. The Morgan fingerprint density at radius 3 is 2.59 bits per heavy atom. The first kappa shape index (κ1) is 19.4. The quantitative estimate of drug-likeness (QED) is 0.764. The van der Waals surface area contributed by atoms with Crippen molar-refractivity contribution in [3.63, 3.8) is 0 Å². The van der Waals surface area contributed by atoms with Crippen molar-refractivity contribution in [1.29, 1.82) is 0 Å². The van der Waals surface area contributed by atoms with E-state index < -0.39 is 0 Å². The van der Waals surface area contributed by atoms with E-state index in [0.717, 1.165) is 11.3 Å². The molecule has 152 valence electrons. The minimum Gasteiger partial charge on any atom is -0.450 e. The molecular weight excluding hydrogens is 366 g/mol. The van der Waals surface area contributed by atoms with E-state index in [4.69, 9.17) is 4.74 Å². The third-order valence-electron chi connectivity index (χ3n) is 6.08. The number of amides is 1. The fourth-order valence-corrected chi connectivity index (χ4v) is 4.55. The molecule has 1 aromatic heterocycles. The highest BCUT2D eigenvalue weighted by molar-refractivity contribution is 5.96. The maximum Gasteiger partial charge on any atom is 0.409 e. The molecule has 3 heterocycles. The molecule has 6 heteroatoms. The molecule has 1 unspecified atom stereocenters. The largest absolute Gasteiger partial charge is 0.450 e. The van der Waals surface area contributed by atoms with Gasteiger partial charge in [-0.05, 0) is 43.4 Å². The highest BCUT2D eigenvalue weighted by Crippen LogP contribution is 2.44. The van der Waals surface area contributed by atoms with Gasteiger partial charge in [-0.3, -0.25) is 4.79 Å². The molecule has 1 saturated heterocycles. The van der Waals surface area contributed by atoms with Gasteiger partial charge in [-0.2, -0.15) is 0 Å². The number of carbonyl (C=O) groups is 2. The van der Waals surface area contributed by atoms with Crippen LogP contribution in [0.15, 0.2) is 42.9 Å². The Labute approximate surface area is 171 Å². The van der Waals surface area contributed by atoms with Gasteiger partial charge in [0, 0.05) is 25.4 Å². The van der Waals surface area contributed by atoms with Gasteiger partial charge >= 0.3 is 6.09 Å². The number of ketones is 1. The lowest BCUT2D eigenvalue weighted by atomic mass is 9.86. The molecule has 1 fully saturated rings. The number of piperidine rings is 1. The maximum atomic E-state index is 13.2. The second-order valence-corrected chi connectivity index (χ2v) is 7.74. The number of carbonyl (C=O) groups excluding carboxylic acids is 2. The number of benzene rings is 1. The van der Waals surface area contributed by atoms with Crippen LogP contribution >= 0.6 is 0 Å².